The Kier molecular flexibility index (Phi) is 8.36. The Morgan fingerprint density at radius 3 is 2.41 bits per heavy atom. The van der Waals surface area contributed by atoms with Crippen LogP contribution in [0.1, 0.15) is 33.3 Å². The molecule has 0 amide bonds. The fourth-order valence-electron chi connectivity index (χ4n) is 2.04. The summed E-state index contributed by atoms with van der Waals surface area (Å²) in [6.07, 6.45) is 0. The monoisotopic (exact) mass is 306 g/mol. The molecule has 0 radical (unpaired) electrons. The first-order valence-corrected chi connectivity index (χ1v) is 8.05. The van der Waals surface area contributed by atoms with Gasteiger partial charge in [-0.15, -0.1) is 0 Å². The van der Waals surface area contributed by atoms with Crippen molar-refractivity contribution in [2.45, 2.75) is 40.3 Å². The lowest BCUT2D eigenvalue weighted by Gasteiger charge is -2.18. The number of ether oxygens (including phenoxy) is 1. The Labute approximate surface area is 134 Å². The summed E-state index contributed by atoms with van der Waals surface area (Å²) < 4.78 is 5.76. The van der Waals surface area contributed by atoms with Crippen molar-refractivity contribution >= 4 is 5.96 Å². The van der Waals surface area contributed by atoms with E-state index in [9.17, 15) is 0 Å². The largest absolute Gasteiger partial charge is 0.492 e. The third-order valence-corrected chi connectivity index (χ3v) is 3.36. The van der Waals surface area contributed by atoms with E-state index in [0.29, 0.717) is 25.2 Å². The molecule has 0 aromatic heterocycles. The van der Waals surface area contributed by atoms with Crippen molar-refractivity contribution in [1.29, 1.82) is 0 Å². The first-order chi connectivity index (χ1) is 10.5. The Morgan fingerprint density at radius 1 is 1.23 bits per heavy atom. The molecule has 0 bridgehead atoms. The van der Waals surface area contributed by atoms with E-state index >= 15 is 0 Å². The van der Waals surface area contributed by atoms with Gasteiger partial charge in [-0.1, -0.05) is 26.0 Å². The van der Waals surface area contributed by atoms with Crippen LogP contribution >= 0.6 is 0 Å². The minimum atomic E-state index is 0.297. The number of hydrogen-bond acceptors (Lipinski definition) is 3. The number of aliphatic imine (C=N–C) groups is 1. The minimum Gasteiger partial charge on any atom is -0.492 e. The van der Waals surface area contributed by atoms with Gasteiger partial charge in [-0.3, -0.25) is 0 Å². The van der Waals surface area contributed by atoms with E-state index in [0.717, 1.165) is 30.9 Å². The Morgan fingerprint density at radius 2 is 1.86 bits per heavy atom. The van der Waals surface area contributed by atoms with Crippen LogP contribution in [0.2, 0.25) is 0 Å². The number of guanidine groups is 1. The summed E-state index contributed by atoms with van der Waals surface area (Å²) in [4.78, 5) is 6.65. The summed E-state index contributed by atoms with van der Waals surface area (Å²) in [7, 11) is 0. The van der Waals surface area contributed by atoms with E-state index in [1.807, 2.05) is 38.1 Å². The molecule has 3 N–H and O–H groups in total. The Hall–Kier alpha value is -1.75. The molecule has 1 aromatic carbocycles. The first kappa shape index (κ1) is 18.3. The smallest absolute Gasteiger partial charge is 0.189 e. The molecule has 0 unspecified atom stereocenters. The highest BCUT2D eigenvalue weighted by Crippen LogP contribution is 2.12. The van der Waals surface area contributed by atoms with E-state index in [2.05, 4.69) is 29.1 Å². The van der Waals surface area contributed by atoms with Gasteiger partial charge in [0.1, 0.15) is 12.4 Å². The number of nitrogens with zero attached hydrogens (tertiary/aromatic N) is 2. The molecule has 0 spiro atoms. The van der Waals surface area contributed by atoms with Crippen molar-refractivity contribution in [3.8, 4) is 5.75 Å². The summed E-state index contributed by atoms with van der Waals surface area (Å²) in [5.74, 6) is 1.38. The van der Waals surface area contributed by atoms with Gasteiger partial charge in [0.25, 0.3) is 0 Å². The van der Waals surface area contributed by atoms with E-state index in [1.165, 1.54) is 0 Å². The van der Waals surface area contributed by atoms with E-state index in [1.54, 1.807) is 0 Å². The second-order valence-corrected chi connectivity index (χ2v) is 5.52. The molecule has 0 atom stereocenters. The molecule has 0 saturated carbocycles. The summed E-state index contributed by atoms with van der Waals surface area (Å²) in [5, 5.41) is 3.07. The molecule has 0 fully saturated rings. The van der Waals surface area contributed by atoms with Gasteiger partial charge in [-0.2, -0.15) is 0 Å². The van der Waals surface area contributed by atoms with Crippen LogP contribution in [0, 0.1) is 0 Å². The van der Waals surface area contributed by atoms with Gasteiger partial charge in [0.15, 0.2) is 5.96 Å². The fraction of sp³-hybridized carbons (Fsp3) is 0.588. The molecule has 0 aliphatic carbocycles. The highest BCUT2D eigenvalue weighted by atomic mass is 16.5. The van der Waals surface area contributed by atoms with Gasteiger partial charge in [-0.25, -0.2) is 4.99 Å². The van der Waals surface area contributed by atoms with Crippen molar-refractivity contribution in [2.75, 3.05) is 26.2 Å². The summed E-state index contributed by atoms with van der Waals surface area (Å²) in [6, 6.07) is 8.32. The zero-order chi connectivity index (χ0) is 16.4. The Bertz CT molecular complexity index is 438. The number of benzene rings is 1. The van der Waals surface area contributed by atoms with Gasteiger partial charge >= 0.3 is 0 Å². The molecular weight excluding hydrogens is 276 g/mol. The van der Waals surface area contributed by atoms with Crippen molar-refractivity contribution in [1.82, 2.24) is 10.2 Å². The van der Waals surface area contributed by atoms with E-state index in [-0.39, 0.29) is 0 Å². The SMILES string of the molecule is CCN(CC)CCOc1ccc(CN=C(N)NC(C)C)cc1. The average molecular weight is 306 g/mol. The maximum Gasteiger partial charge on any atom is 0.189 e. The number of rotatable bonds is 9. The highest BCUT2D eigenvalue weighted by Gasteiger charge is 2.00. The molecule has 1 aromatic rings. The lowest BCUT2D eigenvalue weighted by Crippen LogP contribution is -2.36. The lowest BCUT2D eigenvalue weighted by molar-refractivity contribution is 0.223. The van der Waals surface area contributed by atoms with Crippen LogP contribution in [-0.2, 0) is 6.54 Å². The topological polar surface area (TPSA) is 62.9 Å². The van der Waals surface area contributed by atoms with Crippen molar-refractivity contribution in [2.24, 2.45) is 10.7 Å². The average Bonchev–Trinajstić information content (AvgIpc) is 2.50. The third-order valence-electron chi connectivity index (χ3n) is 3.36. The molecule has 0 aliphatic rings. The number of nitrogens with two attached hydrogens (primary N) is 1. The third kappa shape index (κ3) is 7.31. The van der Waals surface area contributed by atoms with Crippen LogP contribution in [0.5, 0.6) is 5.75 Å². The molecule has 0 saturated heterocycles. The van der Waals surface area contributed by atoms with Crippen LogP contribution < -0.4 is 15.8 Å². The minimum absolute atomic E-state index is 0.297. The first-order valence-electron chi connectivity index (χ1n) is 8.05. The van der Waals surface area contributed by atoms with Gasteiger partial charge in [0, 0.05) is 12.6 Å². The molecule has 0 heterocycles. The van der Waals surface area contributed by atoms with Gasteiger partial charge in [0.2, 0.25) is 0 Å². The van der Waals surface area contributed by atoms with Crippen LogP contribution in [0.25, 0.3) is 0 Å². The molecule has 1 rings (SSSR count). The predicted octanol–water partition coefficient (Wildman–Crippen LogP) is 2.22. The highest BCUT2D eigenvalue weighted by molar-refractivity contribution is 5.78. The molecule has 5 heteroatoms. The predicted molar refractivity (Wildman–Crippen MR) is 93.3 cm³/mol. The zero-order valence-electron chi connectivity index (χ0n) is 14.3. The molecular formula is C17H30N4O. The van der Waals surface area contributed by atoms with Gasteiger partial charge in [0.05, 0.1) is 6.54 Å². The summed E-state index contributed by atoms with van der Waals surface area (Å²) >= 11 is 0. The molecule has 22 heavy (non-hydrogen) atoms. The van der Waals surface area contributed by atoms with Crippen molar-refractivity contribution < 1.29 is 4.74 Å². The van der Waals surface area contributed by atoms with Crippen LogP contribution in [0.3, 0.4) is 0 Å². The number of likely N-dealkylation sites (N-methyl/N-ethyl adjacent to an activating group) is 1. The normalized spacial score (nSPS) is 12.0. The quantitative estimate of drug-likeness (QED) is 0.542. The lowest BCUT2D eigenvalue weighted by atomic mass is 10.2. The van der Waals surface area contributed by atoms with Gasteiger partial charge < -0.3 is 20.7 Å². The second-order valence-electron chi connectivity index (χ2n) is 5.52. The van der Waals surface area contributed by atoms with Crippen LogP contribution in [0.15, 0.2) is 29.3 Å². The standard InChI is InChI=1S/C17H30N4O/c1-5-21(6-2)11-12-22-16-9-7-15(8-10-16)13-19-17(18)20-14(3)4/h7-10,14H,5-6,11-13H2,1-4H3,(H3,18,19,20). The van der Waals surface area contributed by atoms with Crippen LogP contribution in [-0.4, -0.2) is 43.1 Å². The number of nitrogens with one attached hydrogen (secondary N) is 1. The molecule has 124 valence electrons. The fourth-order valence-corrected chi connectivity index (χ4v) is 2.04. The molecule has 5 nitrogen and oxygen atoms in total. The maximum absolute atomic E-state index is 5.78. The maximum atomic E-state index is 5.78. The van der Waals surface area contributed by atoms with Crippen molar-refractivity contribution in [3.05, 3.63) is 29.8 Å². The van der Waals surface area contributed by atoms with Crippen molar-refractivity contribution in [3.63, 3.8) is 0 Å². The van der Waals surface area contributed by atoms with Gasteiger partial charge in [-0.05, 0) is 44.6 Å². The number of hydrogen-bond donors (Lipinski definition) is 2. The summed E-state index contributed by atoms with van der Waals surface area (Å²) in [6.45, 7) is 12.8. The zero-order valence-corrected chi connectivity index (χ0v) is 14.3. The van der Waals surface area contributed by atoms with Crippen LogP contribution in [0.4, 0.5) is 0 Å². The second kappa shape index (κ2) is 10.1. The van der Waals surface area contributed by atoms with E-state index in [4.69, 9.17) is 10.5 Å². The molecule has 0 aliphatic heterocycles. The van der Waals surface area contributed by atoms with E-state index < -0.39 is 0 Å². The Balaban J connectivity index is 2.39. The summed E-state index contributed by atoms with van der Waals surface area (Å²) in [5.41, 5.74) is 6.90.